The third kappa shape index (κ3) is 2.43. The molecule has 2 heterocycles. The van der Waals surface area contributed by atoms with E-state index >= 15 is 0 Å². The number of amides is 1. The summed E-state index contributed by atoms with van der Waals surface area (Å²) >= 11 is 1.79. The monoisotopic (exact) mass is 286 g/mol. The molecule has 104 valence electrons. The first-order valence-electron chi connectivity index (χ1n) is 6.85. The standard InChI is InChI=1S/C16H18N2OS/c1-11-14-6-8-20-15(14)5-7-18(11)16(19)10-12-3-2-4-13(17)9-12/h2-4,6,8-9,11H,5,7,10,17H2,1H3. The highest BCUT2D eigenvalue weighted by Gasteiger charge is 2.28. The second-order valence-corrected chi connectivity index (χ2v) is 6.23. The Morgan fingerprint density at radius 2 is 2.30 bits per heavy atom. The Hall–Kier alpha value is -1.81. The Morgan fingerprint density at radius 3 is 3.10 bits per heavy atom. The molecule has 1 aliphatic rings. The van der Waals surface area contributed by atoms with Gasteiger partial charge in [0, 0.05) is 17.1 Å². The van der Waals surface area contributed by atoms with Crippen molar-refractivity contribution in [1.82, 2.24) is 4.90 Å². The fourth-order valence-corrected chi connectivity index (χ4v) is 3.79. The van der Waals surface area contributed by atoms with Gasteiger partial charge in [-0.25, -0.2) is 0 Å². The molecule has 1 aliphatic heterocycles. The van der Waals surface area contributed by atoms with E-state index < -0.39 is 0 Å². The van der Waals surface area contributed by atoms with E-state index in [1.165, 1.54) is 10.4 Å². The molecule has 1 aromatic carbocycles. The smallest absolute Gasteiger partial charge is 0.227 e. The second-order valence-electron chi connectivity index (χ2n) is 5.23. The Kier molecular flexibility index (Phi) is 3.49. The highest BCUT2D eigenvalue weighted by Crippen LogP contribution is 2.33. The van der Waals surface area contributed by atoms with Crippen molar-refractivity contribution < 1.29 is 4.79 Å². The van der Waals surface area contributed by atoms with E-state index in [-0.39, 0.29) is 11.9 Å². The van der Waals surface area contributed by atoms with Crippen LogP contribution in [0.2, 0.25) is 0 Å². The molecule has 2 aromatic rings. The molecule has 0 bridgehead atoms. The van der Waals surface area contributed by atoms with Crippen molar-refractivity contribution in [2.45, 2.75) is 25.8 Å². The van der Waals surface area contributed by atoms with Crippen LogP contribution in [0.1, 0.15) is 29.0 Å². The molecular formula is C16H18N2OS. The molecule has 1 aromatic heterocycles. The van der Waals surface area contributed by atoms with E-state index in [9.17, 15) is 4.79 Å². The van der Waals surface area contributed by atoms with Crippen LogP contribution in [0.25, 0.3) is 0 Å². The molecule has 0 saturated carbocycles. The summed E-state index contributed by atoms with van der Waals surface area (Å²) in [5.41, 5.74) is 8.77. The Balaban J connectivity index is 1.75. The van der Waals surface area contributed by atoms with Crippen LogP contribution in [0.3, 0.4) is 0 Å². The van der Waals surface area contributed by atoms with Crippen LogP contribution >= 0.6 is 11.3 Å². The predicted molar refractivity (Wildman–Crippen MR) is 82.7 cm³/mol. The number of carbonyl (C=O) groups is 1. The maximum absolute atomic E-state index is 12.5. The van der Waals surface area contributed by atoms with E-state index in [0.717, 1.165) is 18.5 Å². The normalized spacial score (nSPS) is 17.9. The first-order valence-corrected chi connectivity index (χ1v) is 7.73. The van der Waals surface area contributed by atoms with E-state index in [1.54, 1.807) is 11.3 Å². The number of hydrogen-bond acceptors (Lipinski definition) is 3. The quantitative estimate of drug-likeness (QED) is 0.863. The lowest BCUT2D eigenvalue weighted by molar-refractivity contribution is -0.133. The lowest BCUT2D eigenvalue weighted by Crippen LogP contribution is -2.39. The average Bonchev–Trinajstić information content (AvgIpc) is 2.88. The van der Waals surface area contributed by atoms with Gasteiger partial charge in [0.15, 0.2) is 0 Å². The minimum Gasteiger partial charge on any atom is -0.399 e. The zero-order chi connectivity index (χ0) is 14.1. The molecule has 0 aliphatic carbocycles. The number of fused-ring (bicyclic) bond motifs is 1. The number of hydrogen-bond donors (Lipinski definition) is 1. The summed E-state index contributed by atoms with van der Waals surface area (Å²) in [5, 5.41) is 2.12. The lowest BCUT2D eigenvalue weighted by atomic mass is 10.0. The molecule has 4 heteroatoms. The Labute approximate surface area is 123 Å². The summed E-state index contributed by atoms with van der Waals surface area (Å²) in [7, 11) is 0. The molecule has 3 rings (SSSR count). The molecule has 3 nitrogen and oxygen atoms in total. The Bertz CT molecular complexity index is 635. The summed E-state index contributed by atoms with van der Waals surface area (Å²) in [6, 6.07) is 9.90. The fourth-order valence-electron chi connectivity index (χ4n) is 2.83. The number of nitrogen functional groups attached to an aromatic ring is 1. The summed E-state index contributed by atoms with van der Waals surface area (Å²) in [6.45, 7) is 2.93. The van der Waals surface area contributed by atoms with Crippen LogP contribution in [0.5, 0.6) is 0 Å². The van der Waals surface area contributed by atoms with Gasteiger partial charge in [0.25, 0.3) is 0 Å². The van der Waals surface area contributed by atoms with Crippen molar-refractivity contribution >= 4 is 22.9 Å². The highest BCUT2D eigenvalue weighted by atomic mass is 32.1. The number of anilines is 1. The van der Waals surface area contributed by atoms with Gasteiger partial charge >= 0.3 is 0 Å². The molecule has 0 saturated heterocycles. The number of nitrogens with zero attached hydrogens (tertiary/aromatic N) is 1. The van der Waals surface area contributed by atoms with Gasteiger partial charge in [-0.2, -0.15) is 0 Å². The van der Waals surface area contributed by atoms with Gasteiger partial charge in [-0.3, -0.25) is 4.79 Å². The van der Waals surface area contributed by atoms with Crippen LogP contribution in [0.15, 0.2) is 35.7 Å². The van der Waals surface area contributed by atoms with Gasteiger partial charge in [0.05, 0.1) is 12.5 Å². The number of carbonyl (C=O) groups excluding carboxylic acids is 1. The van der Waals surface area contributed by atoms with Crippen LogP contribution < -0.4 is 5.73 Å². The van der Waals surface area contributed by atoms with Gasteiger partial charge in [0.1, 0.15) is 0 Å². The molecule has 2 N–H and O–H groups in total. The minimum absolute atomic E-state index is 0.179. The highest BCUT2D eigenvalue weighted by molar-refractivity contribution is 7.10. The maximum Gasteiger partial charge on any atom is 0.227 e. The summed E-state index contributed by atoms with van der Waals surface area (Å²) < 4.78 is 0. The third-order valence-electron chi connectivity index (χ3n) is 3.90. The number of rotatable bonds is 2. The van der Waals surface area contributed by atoms with Gasteiger partial charge in [-0.05, 0) is 48.1 Å². The second kappa shape index (κ2) is 5.29. The SMILES string of the molecule is CC1c2ccsc2CCN1C(=O)Cc1cccc(N)c1. The van der Waals surface area contributed by atoms with Crippen LogP contribution in [-0.4, -0.2) is 17.4 Å². The largest absolute Gasteiger partial charge is 0.399 e. The number of benzene rings is 1. The molecule has 0 spiro atoms. The topological polar surface area (TPSA) is 46.3 Å². The molecule has 1 unspecified atom stereocenters. The lowest BCUT2D eigenvalue weighted by Gasteiger charge is -2.33. The van der Waals surface area contributed by atoms with Gasteiger partial charge < -0.3 is 10.6 Å². The average molecular weight is 286 g/mol. The van der Waals surface area contributed by atoms with Crippen molar-refractivity contribution in [3.63, 3.8) is 0 Å². The van der Waals surface area contributed by atoms with Crippen molar-refractivity contribution in [1.29, 1.82) is 0 Å². The van der Waals surface area contributed by atoms with Gasteiger partial charge in [-0.1, -0.05) is 12.1 Å². The first-order chi connectivity index (χ1) is 9.65. The van der Waals surface area contributed by atoms with E-state index in [1.807, 2.05) is 29.2 Å². The van der Waals surface area contributed by atoms with Crippen molar-refractivity contribution in [3.8, 4) is 0 Å². The van der Waals surface area contributed by atoms with Crippen LogP contribution in [0, 0.1) is 0 Å². The molecule has 0 radical (unpaired) electrons. The summed E-state index contributed by atoms with van der Waals surface area (Å²) in [4.78, 5) is 15.9. The molecule has 20 heavy (non-hydrogen) atoms. The minimum atomic E-state index is 0.179. The number of thiophene rings is 1. The summed E-state index contributed by atoms with van der Waals surface area (Å²) in [6.07, 6.45) is 1.40. The van der Waals surface area contributed by atoms with E-state index in [2.05, 4.69) is 18.4 Å². The van der Waals surface area contributed by atoms with Crippen molar-refractivity contribution in [2.24, 2.45) is 0 Å². The molecule has 1 atom stereocenters. The predicted octanol–water partition coefficient (Wildman–Crippen LogP) is 3.02. The summed E-state index contributed by atoms with van der Waals surface area (Å²) in [5.74, 6) is 0.181. The maximum atomic E-state index is 12.5. The zero-order valence-corrected chi connectivity index (χ0v) is 12.3. The Morgan fingerprint density at radius 1 is 1.45 bits per heavy atom. The van der Waals surface area contributed by atoms with Gasteiger partial charge in [0.2, 0.25) is 5.91 Å². The molecule has 0 fully saturated rings. The van der Waals surface area contributed by atoms with Crippen molar-refractivity contribution in [3.05, 3.63) is 51.7 Å². The first kappa shape index (κ1) is 13.2. The molecular weight excluding hydrogens is 268 g/mol. The van der Waals surface area contributed by atoms with Crippen molar-refractivity contribution in [2.75, 3.05) is 12.3 Å². The molecule has 1 amide bonds. The number of nitrogens with two attached hydrogens (primary N) is 1. The van der Waals surface area contributed by atoms with E-state index in [4.69, 9.17) is 5.73 Å². The van der Waals surface area contributed by atoms with Crippen LogP contribution in [0.4, 0.5) is 5.69 Å². The van der Waals surface area contributed by atoms with Gasteiger partial charge in [-0.15, -0.1) is 11.3 Å². The van der Waals surface area contributed by atoms with Crippen LogP contribution in [-0.2, 0) is 17.6 Å². The third-order valence-corrected chi connectivity index (χ3v) is 4.90. The zero-order valence-electron chi connectivity index (χ0n) is 11.5. The fraction of sp³-hybridized carbons (Fsp3) is 0.312. The van der Waals surface area contributed by atoms with E-state index in [0.29, 0.717) is 12.1 Å².